The van der Waals surface area contributed by atoms with Gasteiger partial charge in [-0.05, 0) is 0 Å². The monoisotopic (exact) mass is 209 g/mol. The van der Waals surface area contributed by atoms with Crippen LogP contribution >= 0.6 is 31.7 Å². The second-order valence-corrected chi connectivity index (χ2v) is 0.909. The van der Waals surface area contributed by atoms with Crippen molar-refractivity contribution in [2.75, 3.05) is 5.34 Å². The fraction of sp³-hybridized carbons (Fsp3) is 1.00. The van der Waals surface area contributed by atoms with Crippen LogP contribution < -0.4 is 0 Å². The number of hydrogen-bond donors (Lipinski definition) is 0. The summed E-state index contributed by atoms with van der Waals surface area (Å²) in [6.07, 6.45) is 0. The van der Waals surface area contributed by atoms with Crippen molar-refractivity contribution < 1.29 is 23.5 Å². The normalized spacial score (nSPS) is 4.40. The Bertz CT molecular complexity index is 6.85. The molecule has 0 aromatic rings. The molecular formula is CH2Cl3Zr. The summed E-state index contributed by atoms with van der Waals surface area (Å²) >= 11 is 10.5. The van der Waals surface area contributed by atoms with E-state index in [-0.39, 0.29) is 5.34 Å². The molecule has 0 aliphatic carbocycles. The number of rotatable bonds is 0. The van der Waals surface area contributed by atoms with E-state index in [1.807, 2.05) is 0 Å². The van der Waals surface area contributed by atoms with Crippen LogP contribution in [-0.2, 0) is 23.5 Å². The summed E-state index contributed by atoms with van der Waals surface area (Å²) in [5.41, 5.74) is 0. The second kappa shape index (κ2) is 17.1. The maximum atomic E-state index is 4.76. The Morgan fingerprint density at radius 1 is 1.20 bits per heavy atom. The molecule has 0 saturated carbocycles. The molecule has 0 bridgehead atoms. The van der Waals surface area contributed by atoms with Crippen LogP contribution in [0.2, 0.25) is 0 Å². The van der Waals surface area contributed by atoms with Crippen molar-refractivity contribution >= 4 is 31.7 Å². The average Bonchev–Trinajstić information content (AvgIpc) is 1.46. The van der Waals surface area contributed by atoms with Gasteiger partial charge >= 0.3 is 32.0 Å². The summed E-state index contributed by atoms with van der Waals surface area (Å²) < 4.78 is 0. The van der Waals surface area contributed by atoms with Gasteiger partial charge in [0.1, 0.15) is 0 Å². The summed E-state index contributed by atoms with van der Waals surface area (Å²) in [4.78, 5) is 0. The second-order valence-electron chi connectivity index (χ2n) is 0.101. The maximum absolute atomic E-state index is 4.76. The molecule has 5 heavy (non-hydrogen) atoms. The zero-order valence-corrected chi connectivity index (χ0v) is 7.07. The van der Waals surface area contributed by atoms with Gasteiger partial charge in [-0.2, -0.15) is 0 Å². The Hall–Kier alpha value is 1.75. The van der Waals surface area contributed by atoms with Crippen LogP contribution in [0.4, 0.5) is 0 Å². The standard InChI is InChI=1S/CH2Cl2.ClH.Zr/c2-1-3;;/h1H2;1H;/q;;+1/p-1. The Labute approximate surface area is 60.2 Å². The molecule has 0 saturated heterocycles. The van der Waals surface area contributed by atoms with Gasteiger partial charge in [0, 0.05) is 0 Å². The number of alkyl halides is 2. The van der Waals surface area contributed by atoms with E-state index < -0.39 is 0 Å². The third-order valence-electron chi connectivity index (χ3n) is 0. The van der Waals surface area contributed by atoms with Crippen molar-refractivity contribution in [2.24, 2.45) is 0 Å². The molecule has 0 amide bonds. The summed E-state index contributed by atoms with van der Waals surface area (Å²) in [6, 6.07) is 0. The van der Waals surface area contributed by atoms with E-state index in [4.69, 9.17) is 31.7 Å². The van der Waals surface area contributed by atoms with Crippen LogP contribution in [0.3, 0.4) is 0 Å². The van der Waals surface area contributed by atoms with E-state index >= 15 is 0 Å². The zero-order chi connectivity index (χ0) is 4.71. The predicted octanol–water partition coefficient (Wildman–Crippen LogP) is 2.11. The van der Waals surface area contributed by atoms with Gasteiger partial charge in [0.15, 0.2) is 0 Å². The molecule has 0 aliphatic heterocycles. The topological polar surface area (TPSA) is 0 Å². The Morgan fingerprint density at radius 2 is 1.20 bits per heavy atom. The predicted molar refractivity (Wildman–Crippen MR) is 22.4 cm³/mol. The SMILES string of the molecule is ClCCl.[Cl][Zr]. The summed E-state index contributed by atoms with van der Waals surface area (Å²) in [6.45, 7) is 0. The van der Waals surface area contributed by atoms with Crippen molar-refractivity contribution in [1.82, 2.24) is 0 Å². The first-order valence-electron chi connectivity index (χ1n) is 0.724. The van der Waals surface area contributed by atoms with Crippen molar-refractivity contribution in [1.29, 1.82) is 0 Å². The van der Waals surface area contributed by atoms with E-state index in [0.717, 1.165) is 23.5 Å². The molecule has 0 fully saturated rings. The Morgan fingerprint density at radius 3 is 1.20 bits per heavy atom. The van der Waals surface area contributed by atoms with E-state index in [1.54, 1.807) is 0 Å². The van der Waals surface area contributed by atoms with Gasteiger partial charge in [-0.3, -0.25) is 0 Å². The number of hydrogen-bond acceptors (Lipinski definition) is 0. The molecule has 0 aromatic heterocycles. The fourth-order valence-electron chi connectivity index (χ4n) is 0. The van der Waals surface area contributed by atoms with Crippen LogP contribution in [0.15, 0.2) is 0 Å². The van der Waals surface area contributed by atoms with E-state index in [9.17, 15) is 0 Å². The van der Waals surface area contributed by atoms with Gasteiger partial charge in [0.2, 0.25) is 0 Å². The number of halogens is 3. The molecule has 0 heterocycles. The molecule has 0 rings (SSSR count). The van der Waals surface area contributed by atoms with Crippen LogP contribution in [-0.4, -0.2) is 5.34 Å². The molecule has 0 unspecified atom stereocenters. The first kappa shape index (κ1) is 9.89. The van der Waals surface area contributed by atoms with E-state index in [1.165, 1.54) is 0 Å². The third-order valence-corrected chi connectivity index (χ3v) is 0. The molecule has 0 spiro atoms. The minimum absolute atomic E-state index is 0.194. The van der Waals surface area contributed by atoms with Crippen molar-refractivity contribution in [3.05, 3.63) is 0 Å². The molecule has 0 N–H and O–H groups in total. The van der Waals surface area contributed by atoms with Gasteiger partial charge in [-0.1, -0.05) is 0 Å². The zero-order valence-electron chi connectivity index (χ0n) is 2.34. The first-order chi connectivity index (χ1) is 2.41. The van der Waals surface area contributed by atoms with Gasteiger partial charge < -0.3 is 0 Å². The Balaban J connectivity index is 0. The van der Waals surface area contributed by atoms with Gasteiger partial charge in [-0.25, -0.2) is 0 Å². The van der Waals surface area contributed by atoms with Crippen molar-refractivity contribution in [3.8, 4) is 0 Å². The van der Waals surface area contributed by atoms with Gasteiger partial charge in [0.25, 0.3) is 0 Å². The van der Waals surface area contributed by atoms with Crippen LogP contribution in [0.25, 0.3) is 0 Å². The minimum atomic E-state index is 0.194. The van der Waals surface area contributed by atoms with Gasteiger partial charge in [0.05, 0.1) is 5.34 Å². The van der Waals surface area contributed by atoms with Crippen LogP contribution in [0, 0.1) is 0 Å². The molecule has 0 aliphatic rings. The third kappa shape index (κ3) is 26.4. The summed E-state index contributed by atoms with van der Waals surface area (Å²) in [7, 11) is 4.73. The molecule has 0 nitrogen and oxygen atoms in total. The molecule has 31 valence electrons. The molecule has 4 heteroatoms. The van der Waals surface area contributed by atoms with E-state index in [2.05, 4.69) is 0 Å². The fourth-order valence-corrected chi connectivity index (χ4v) is 0. The quantitative estimate of drug-likeness (QED) is 0.539. The molecule has 0 aromatic carbocycles. The average molecular weight is 212 g/mol. The first-order valence-corrected chi connectivity index (χ1v) is 4.96. The van der Waals surface area contributed by atoms with Crippen LogP contribution in [0.1, 0.15) is 0 Å². The van der Waals surface area contributed by atoms with Crippen molar-refractivity contribution in [2.45, 2.75) is 0 Å². The Kier molecular flexibility index (Phi) is 33.9. The summed E-state index contributed by atoms with van der Waals surface area (Å²) in [5, 5.41) is 0.194. The molecular weight excluding hydrogens is 210 g/mol. The molecule has 0 atom stereocenters. The molecule has 0 radical (unpaired) electrons. The van der Waals surface area contributed by atoms with E-state index in [0.29, 0.717) is 0 Å². The van der Waals surface area contributed by atoms with Gasteiger partial charge in [-0.15, -0.1) is 23.2 Å². The summed E-state index contributed by atoms with van der Waals surface area (Å²) in [5.74, 6) is 0. The van der Waals surface area contributed by atoms with Crippen molar-refractivity contribution in [3.63, 3.8) is 0 Å². The van der Waals surface area contributed by atoms with Crippen LogP contribution in [0.5, 0.6) is 0 Å².